The van der Waals surface area contributed by atoms with Gasteiger partial charge in [-0.3, -0.25) is 0 Å². The summed E-state index contributed by atoms with van der Waals surface area (Å²) in [6, 6.07) is 16.7. The van der Waals surface area contributed by atoms with Crippen LogP contribution in [0.4, 0.5) is 0 Å². The molecule has 0 bridgehead atoms. The Kier molecular flexibility index (Phi) is 8.40. The van der Waals surface area contributed by atoms with Gasteiger partial charge >= 0.3 is 0 Å². The van der Waals surface area contributed by atoms with Crippen LogP contribution in [0.3, 0.4) is 0 Å². The molecule has 0 spiro atoms. The van der Waals surface area contributed by atoms with E-state index in [1.165, 1.54) is 106 Å². The molecule has 2 aromatic carbocycles. The largest absolute Gasteiger partial charge is 0.0654 e. The van der Waals surface area contributed by atoms with E-state index in [-0.39, 0.29) is 0 Å². The Morgan fingerprint density at radius 1 is 0.724 bits per heavy atom. The van der Waals surface area contributed by atoms with Gasteiger partial charge in [-0.1, -0.05) is 108 Å². The standard InChI is InChI=1S/C29H42/c1-4-6-9-13-25-14-16-26(17-15-25)27-18-19-28(24(3)23-27)29(20-10-7-5-2)21-11-8-12-22-29/h14-19,23H,4-13,20-22H2,1-3H3. The van der Waals surface area contributed by atoms with Gasteiger partial charge in [0.25, 0.3) is 0 Å². The molecular formula is C29H42. The van der Waals surface area contributed by atoms with E-state index < -0.39 is 0 Å². The van der Waals surface area contributed by atoms with Crippen molar-refractivity contribution >= 4 is 0 Å². The molecule has 0 radical (unpaired) electrons. The maximum Gasteiger partial charge on any atom is -0.00443 e. The first-order valence-electron chi connectivity index (χ1n) is 12.4. The summed E-state index contributed by atoms with van der Waals surface area (Å²) in [5.41, 5.74) is 7.82. The molecule has 1 fully saturated rings. The van der Waals surface area contributed by atoms with Gasteiger partial charge in [-0.25, -0.2) is 0 Å². The topological polar surface area (TPSA) is 0 Å². The van der Waals surface area contributed by atoms with Gasteiger partial charge in [0.1, 0.15) is 0 Å². The first-order valence-corrected chi connectivity index (χ1v) is 12.4. The molecule has 2 aromatic rings. The lowest BCUT2D eigenvalue weighted by Crippen LogP contribution is -2.30. The highest BCUT2D eigenvalue weighted by Crippen LogP contribution is 2.45. The molecule has 0 N–H and O–H groups in total. The molecule has 158 valence electrons. The second-order valence-electron chi connectivity index (χ2n) is 9.48. The number of benzene rings is 2. The summed E-state index contributed by atoms with van der Waals surface area (Å²) in [5.74, 6) is 0. The Labute approximate surface area is 180 Å². The van der Waals surface area contributed by atoms with Gasteiger partial charge < -0.3 is 0 Å². The first-order chi connectivity index (χ1) is 14.2. The molecule has 0 heterocycles. The SMILES string of the molecule is CCCCCc1ccc(-c2ccc(C3(CCCCC)CCCCC3)c(C)c2)cc1. The van der Waals surface area contributed by atoms with Crippen LogP contribution in [0.5, 0.6) is 0 Å². The van der Waals surface area contributed by atoms with Crippen molar-refractivity contribution in [2.24, 2.45) is 0 Å². The van der Waals surface area contributed by atoms with E-state index in [1.807, 2.05) is 0 Å². The lowest BCUT2D eigenvalue weighted by molar-refractivity contribution is 0.265. The number of hydrogen-bond donors (Lipinski definition) is 0. The molecule has 0 nitrogen and oxygen atoms in total. The second kappa shape index (κ2) is 11.0. The zero-order valence-corrected chi connectivity index (χ0v) is 19.2. The third kappa shape index (κ3) is 5.74. The zero-order valence-electron chi connectivity index (χ0n) is 19.2. The predicted octanol–water partition coefficient (Wildman–Crippen LogP) is 9.18. The molecule has 1 aliphatic rings. The highest BCUT2D eigenvalue weighted by molar-refractivity contribution is 5.65. The Bertz CT molecular complexity index is 731. The fraction of sp³-hybridized carbons (Fsp3) is 0.586. The molecule has 0 heteroatoms. The van der Waals surface area contributed by atoms with Crippen molar-refractivity contribution in [1.82, 2.24) is 0 Å². The summed E-state index contributed by atoms with van der Waals surface area (Å²) < 4.78 is 0. The van der Waals surface area contributed by atoms with E-state index in [0.717, 1.165) is 0 Å². The summed E-state index contributed by atoms with van der Waals surface area (Å²) in [6.07, 6.45) is 17.7. The van der Waals surface area contributed by atoms with Crippen LogP contribution >= 0.6 is 0 Å². The van der Waals surface area contributed by atoms with Crippen molar-refractivity contribution < 1.29 is 0 Å². The van der Waals surface area contributed by atoms with Crippen LogP contribution in [0.15, 0.2) is 42.5 Å². The van der Waals surface area contributed by atoms with E-state index in [1.54, 1.807) is 5.56 Å². The fourth-order valence-electron chi connectivity index (χ4n) is 5.48. The lowest BCUT2D eigenvalue weighted by Gasteiger charge is -2.39. The molecule has 0 aromatic heterocycles. The van der Waals surface area contributed by atoms with Crippen LogP contribution in [0.25, 0.3) is 11.1 Å². The Balaban J connectivity index is 1.77. The van der Waals surface area contributed by atoms with E-state index in [0.29, 0.717) is 5.41 Å². The minimum Gasteiger partial charge on any atom is -0.0654 e. The van der Waals surface area contributed by atoms with E-state index in [9.17, 15) is 0 Å². The van der Waals surface area contributed by atoms with Crippen molar-refractivity contribution in [2.75, 3.05) is 0 Å². The van der Waals surface area contributed by atoms with Crippen molar-refractivity contribution in [3.8, 4) is 11.1 Å². The normalized spacial score (nSPS) is 16.1. The average Bonchev–Trinajstić information content (AvgIpc) is 2.75. The summed E-state index contributed by atoms with van der Waals surface area (Å²) in [6.45, 7) is 6.95. The second-order valence-corrected chi connectivity index (χ2v) is 9.48. The Morgan fingerprint density at radius 2 is 1.38 bits per heavy atom. The molecule has 0 aliphatic heterocycles. The molecule has 0 unspecified atom stereocenters. The average molecular weight is 391 g/mol. The van der Waals surface area contributed by atoms with Gasteiger partial charge in [0.15, 0.2) is 0 Å². The summed E-state index contributed by atoms with van der Waals surface area (Å²) in [7, 11) is 0. The van der Waals surface area contributed by atoms with Gasteiger partial charge in [-0.05, 0) is 72.3 Å². The third-order valence-electron chi connectivity index (χ3n) is 7.22. The number of unbranched alkanes of at least 4 members (excludes halogenated alkanes) is 4. The zero-order chi connectivity index (χ0) is 20.5. The molecule has 0 saturated heterocycles. The lowest BCUT2D eigenvalue weighted by atomic mass is 9.65. The van der Waals surface area contributed by atoms with Gasteiger partial charge in [0, 0.05) is 0 Å². The summed E-state index contributed by atoms with van der Waals surface area (Å²) in [5, 5.41) is 0. The van der Waals surface area contributed by atoms with Crippen molar-refractivity contribution in [3.63, 3.8) is 0 Å². The van der Waals surface area contributed by atoms with Gasteiger partial charge in [-0.15, -0.1) is 0 Å². The van der Waals surface area contributed by atoms with Gasteiger partial charge in [0.2, 0.25) is 0 Å². The number of aryl methyl sites for hydroxylation is 2. The van der Waals surface area contributed by atoms with E-state index >= 15 is 0 Å². The number of rotatable bonds is 10. The molecule has 29 heavy (non-hydrogen) atoms. The van der Waals surface area contributed by atoms with Crippen molar-refractivity contribution in [1.29, 1.82) is 0 Å². The maximum absolute atomic E-state index is 2.48. The van der Waals surface area contributed by atoms with Gasteiger partial charge in [0.05, 0.1) is 0 Å². The highest BCUT2D eigenvalue weighted by atomic mass is 14.4. The van der Waals surface area contributed by atoms with Crippen LogP contribution in [-0.4, -0.2) is 0 Å². The molecule has 0 amide bonds. The van der Waals surface area contributed by atoms with Crippen molar-refractivity contribution in [2.45, 2.75) is 110 Å². The van der Waals surface area contributed by atoms with Crippen LogP contribution in [-0.2, 0) is 11.8 Å². The summed E-state index contributed by atoms with van der Waals surface area (Å²) in [4.78, 5) is 0. The monoisotopic (exact) mass is 390 g/mol. The third-order valence-corrected chi connectivity index (χ3v) is 7.22. The van der Waals surface area contributed by atoms with Gasteiger partial charge in [-0.2, -0.15) is 0 Å². The Morgan fingerprint density at radius 3 is 2.03 bits per heavy atom. The number of hydrogen-bond acceptors (Lipinski definition) is 0. The minimum absolute atomic E-state index is 0.444. The summed E-state index contributed by atoms with van der Waals surface area (Å²) >= 11 is 0. The smallest absolute Gasteiger partial charge is 0.00443 e. The molecular weight excluding hydrogens is 348 g/mol. The van der Waals surface area contributed by atoms with Crippen LogP contribution in [0.2, 0.25) is 0 Å². The minimum atomic E-state index is 0.444. The van der Waals surface area contributed by atoms with Crippen LogP contribution in [0, 0.1) is 6.92 Å². The quantitative estimate of drug-likeness (QED) is 0.355. The van der Waals surface area contributed by atoms with Crippen LogP contribution < -0.4 is 0 Å². The molecule has 1 aliphatic carbocycles. The maximum atomic E-state index is 2.48. The highest BCUT2D eigenvalue weighted by Gasteiger charge is 2.34. The van der Waals surface area contributed by atoms with Crippen molar-refractivity contribution in [3.05, 3.63) is 59.2 Å². The molecule has 0 atom stereocenters. The Hall–Kier alpha value is -1.56. The van der Waals surface area contributed by atoms with E-state index in [2.05, 4.69) is 63.2 Å². The predicted molar refractivity (Wildman–Crippen MR) is 129 cm³/mol. The molecule has 3 rings (SSSR count). The van der Waals surface area contributed by atoms with Crippen LogP contribution in [0.1, 0.15) is 108 Å². The van der Waals surface area contributed by atoms with E-state index in [4.69, 9.17) is 0 Å². The molecule has 1 saturated carbocycles. The first kappa shape index (κ1) is 22.1. The fourth-order valence-corrected chi connectivity index (χ4v) is 5.48.